The zero-order chi connectivity index (χ0) is 20.9. The molecule has 0 atom stereocenters. The molecule has 0 spiro atoms. The average Bonchev–Trinajstić information content (AvgIpc) is 3.00. The first-order chi connectivity index (χ1) is 13.6. The van der Waals surface area contributed by atoms with E-state index in [2.05, 4.69) is 10.1 Å². The Kier molecular flexibility index (Phi) is 4.79. The van der Waals surface area contributed by atoms with Crippen molar-refractivity contribution in [1.29, 1.82) is 0 Å². The maximum absolute atomic E-state index is 13.9. The van der Waals surface area contributed by atoms with Crippen molar-refractivity contribution in [1.82, 2.24) is 14.8 Å². The van der Waals surface area contributed by atoms with Crippen LogP contribution in [0.4, 0.5) is 13.2 Å². The summed E-state index contributed by atoms with van der Waals surface area (Å²) in [6.45, 7) is 3.43. The number of aryl methyl sites for hydroxylation is 2. The van der Waals surface area contributed by atoms with E-state index in [-0.39, 0.29) is 27.4 Å². The number of halogens is 5. The largest absolute Gasteiger partial charge is 0.417 e. The van der Waals surface area contributed by atoms with Crippen LogP contribution in [0, 0.1) is 13.8 Å². The summed E-state index contributed by atoms with van der Waals surface area (Å²) in [6.07, 6.45) is -4.56. The number of hydrogen-bond acceptors (Lipinski definition) is 2. The molecule has 148 valence electrons. The van der Waals surface area contributed by atoms with Gasteiger partial charge in [0.2, 0.25) is 0 Å². The van der Waals surface area contributed by atoms with Crippen LogP contribution >= 0.6 is 23.2 Å². The second-order valence-corrected chi connectivity index (χ2v) is 7.53. The van der Waals surface area contributed by atoms with Gasteiger partial charge in [-0.1, -0.05) is 53.0 Å². The minimum absolute atomic E-state index is 0.0422. The van der Waals surface area contributed by atoms with Gasteiger partial charge in [0.1, 0.15) is 0 Å². The molecule has 0 saturated carbocycles. The Balaban J connectivity index is 2.05. The number of pyridine rings is 1. The average molecular weight is 436 g/mol. The second kappa shape index (κ2) is 7.04. The maximum Gasteiger partial charge on any atom is 0.417 e. The third-order valence-electron chi connectivity index (χ3n) is 4.61. The molecule has 29 heavy (non-hydrogen) atoms. The highest BCUT2D eigenvalue weighted by Gasteiger charge is 2.35. The highest BCUT2D eigenvalue weighted by molar-refractivity contribution is 6.42. The van der Waals surface area contributed by atoms with E-state index >= 15 is 0 Å². The van der Waals surface area contributed by atoms with E-state index in [0.717, 1.165) is 11.6 Å². The Bertz CT molecular complexity index is 1230. The molecule has 4 aromatic rings. The molecule has 8 heteroatoms. The van der Waals surface area contributed by atoms with Crippen LogP contribution in [0.2, 0.25) is 10.0 Å². The van der Waals surface area contributed by atoms with E-state index in [1.807, 2.05) is 19.1 Å². The molecule has 2 aromatic heterocycles. The topological polar surface area (TPSA) is 30.7 Å². The van der Waals surface area contributed by atoms with Gasteiger partial charge in [-0.05, 0) is 38.1 Å². The minimum Gasteiger partial charge on any atom is -0.228 e. The lowest BCUT2D eigenvalue weighted by Crippen LogP contribution is -2.08. The summed E-state index contributed by atoms with van der Waals surface area (Å²) >= 11 is 12.1. The Morgan fingerprint density at radius 1 is 0.897 bits per heavy atom. The third-order valence-corrected chi connectivity index (χ3v) is 5.35. The van der Waals surface area contributed by atoms with Crippen molar-refractivity contribution in [3.63, 3.8) is 0 Å². The van der Waals surface area contributed by atoms with Gasteiger partial charge in [0.25, 0.3) is 0 Å². The zero-order valence-corrected chi connectivity index (χ0v) is 16.9. The van der Waals surface area contributed by atoms with E-state index in [0.29, 0.717) is 16.3 Å². The van der Waals surface area contributed by atoms with E-state index in [9.17, 15) is 13.2 Å². The Labute approximate surface area is 174 Å². The van der Waals surface area contributed by atoms with Crippen molar-refractivity contribution < 1.29 is 13.2 Å². The molecule has 0 saturated heterocycles. The summed E-state index contributed by atoms with van der Waals surface area (Å²) < 4.78 is 43.0. The highest BCUT2D eigenvalue weighted by atomic mass is 35.5. The molecular weight excluding hydrogens is 422 g/mol. The Morgan fingerprint density at radius 3 is 2.21 bits per heavy atom. The second-order valence-electron chi connectivity index (χ2n) is 6.71. The van der Waals surface area contributed by atoms with Gasteiger partial charge in [0.05, 0.1) is 38.1 Å². The summed E-state index contributed by atoms with van der Waals surface area (Å²) in [5, 5.41) is 4.88. The van der Waals surface area contributed by atoms with Crippen LogP contribution < -0.4 is 0 Å². The van der Waals surface area contributed by atoms with E-state index in [1.54, 1.807) is 30.3 Å². The van der Waals surface area contributed by atoms with Gasteiger partial charge in [-0.15, -0.1) is 0 Å². The van der Waals surface area contributed by atoms with Crippen LogP contribution in [0.3, 0.4) is 0 Å². The zero-order valence-electron chi connectivity index (χ0n) is 15.4. The molecule has 0 amide bonds. The predicted molar refractivity (Wildman–Crippen MR) is 109 cm³/mol. The van der Waals surface area contributed by atoms with Gasteiger partial charge in [0.15, 0.2) is 5.65 Å². The summed E-state index contributed by atoms with van der Waals surface area (Å²) in [5.41, 5.74) is 1.82. The van der Waals surface area contributed by atoms with Crippen molar-refractivity contribution in [2.45, 2.75) is 20.0 Å². The molecule has 0 N–H and O–H groups in total. The predicted octanol–water partition coefficient (Wildman–Crippen LogP) is 7.03. The molecule has 0 aliphatic rings. The normalized spacial score (nSPS) is 12.0. The monoisotopic (exact) mass is 435 g/mol. The van der Waals surface area contributed by atoms with Crippen molar-refractivity contribution >= 4 is 34.2 Å². The maximum atomic E-state index is 13.9. The number of benzene rings is 2. The van der Waals surface area contributed by atoms with E-state index in [4.69, 9.17) is 23.2 Å². The molecule has 3 nitrogen and oxygen atoms in total. The summed E-state index contributed by atoms with van der Waals surface area (Å²) in [6, 6.07) is 13.0. The fourth-order valence-electron chi connectivity index (χ4n) is 3.18. The Morgan fingerprint density at radius 2 is 1.59 bits per heavy atom. The van der Waals surface area contributed by atoms with Gasteiger partial charge >= 0.3 is 6.18 Å². The molecule has 4 rings (SSSR count). The molecule has 0 fully saturated rings. The molecule has 0 aliphatic carbocycles. The quantitative estimate of drug-likeness (QED) is 0.338. The molecule has 2 aromatic carbocycles. The number of alkyl halides is 3. The first-order valence-corrected chi connectivity index (χ1v) is 9.41. The number of hydrogen-bond donors (Lipinski definition) is 0. The van der Waals surface area contributed by atoms with Crippen molar-refractivity contribution in [2.75, 3.05) is 0 Å². The van der Waals surface area contributed by atoms with E-state index < -0.39 is 11.7 Å². The van der Waals surface area contributed by atoms with Gasteiger partial charge in [-0.3, -0.25) is 0 Å². The van der Waals surface area contributed by atoms with Gasteiger partial charge in [-0.25, -0.2) is 9.67 Å². The van der Waals surface area contributed by atoms with Crippen LogP contribution in [0.5, 0.6) is 0 Å². The minimum atomic E-state index is -4.56. The Hall–Kier alpha value is -2.57. The summed E-state index contributed by atoms with van der Waals surface area (Å²) in [4.78, 5) is 4.52. The van der Waals surface area contributed by atoms with Crippen molar-refractivity contribution in [3.05, 3.63) is 75.4 Å². The van der Waals surface area contributed by atoms with Gasteiger partial charge in [-0.2, -0.15) is 18.3 Å². The first kappa shape index (κ1) is 19.7. The number of fused-ring (bicyclic) bond motifs is 1. The number of rotatable bonds is 2. The molecule has 0 unspecified atom stereocenters. The fourth-order valence-corrected chi connectivity index (χ4v) is 3.47. The summed E-state index contributed by atoms with van der Waals surface area (Å²) in [7, 11) is 0. The lowest BCUT2D eigenvalue weighted by atomic mass is 10.0. The fraction of sp³-hybridized carbons (Fsp3) is 0.143. The molecule has 0 aliphatic heterocycles. The van der Waals surface area contributed by atoms with Gasteiger partial charge < -0.3 is 0 Å². The van der Waals surface area contributed by atoms with Gasteiger partial charge in [0, 0.05) is 5.56 Å². The molecule has 0 radical (unpaired) electrons. The number of nitrogens with zero attached hydrogens (tertiary/aromatic N) is 3. The van der Waals surface area contributed by atoms with Crippen LogP contribution in [0.1, 0.15) is 16.8 Å². The van der Waals surface area contributed by atoms with Crippen LogP contribution in [-0.4, -0.2) is 14.8 Å². The first-order valence-electron chi connectivity index (χ1n) is 8.65. The van der Waals surface area contributed by atoms with E-state index in [1.165, 1.54) is 11.6 Å². The van der Waals surface area contributed by atoms with Crippen LogP contribution in [-0.2, 0) is 6.18 Å². The number of aromatic nitrogens is 3. The third kappa shape index (κ3) is 3.58. The highest BCUT2D eigenvalue weighted by Crippen LogP contribution is 2.39. The van der Waals surface area contributed by atoms with Crippen molar-refractivity contribution in [2.24, 2.45) is 0 Å². The summed E-state index contributed by atoms with van der Waals surface area (Å²) in [5.74, 6) is 0. The molecule has 0 bridgehead atoms. The van der Waals surface area contributed by atoms with Crippen molar-refractivity contribution in [3.8, 4) is 16.9 Å². The van der Waals surface area contributed by atoms with Crippen LogP contribution in [0.25, 0.3) is 28.0 Å². The SMILES string of the molecule is Cc1ccc(-c2cc(C(F)(F)F)c3c(C)nn(-c4ccc(Cl)c(Cl)c4)c3n2)cc1. The lowest BCUT2D eigenvalue weighted by Gasteiger charge is -2.12. The molecule has 2 heterocycles. The smallest absolute Gasteiger partial charge is 0.228 e. The molecular formula is C21H14Cl2F3N3. The lowest BCUT2D eigenvalue weighted by molar-refractivity contribution is -0.136. The van der Waals surface area contributed by atoms with Crippen LogP contribution in [0.15, 0.2) is 48.5 Å². The standard InChI is InChI=1S/C21H14Cl2F3N3/c1-11-3-5-13(6-4-11)18-10-15(21(24,25)26)19-12(2)28-29(20(19)27-18)14-7-8-16(22)17(23)9-14/h3-10H,1-2H3.